The molecule has 0 radical (unpaired) electrons. The molecular formula is C20H17ClN2O4. The first kappa shape index (κ1) is 18.7. The maximum absolute atomic E-state index is 12.1. The molecule has 0 unspecified atom stereocenters. The molecule has 27 heavy (non-hydrogen) atoms. The van der Waals surface area contributed by atoms with Crippen molar-refractivity contribution in [1.29, 1.82) is 0 Å². The lowest BCUT2D eigenvalue weighted by atomic mass is 9.99. The van der Waals surface area contributed by atoms with Crippen molar-refractivity contribution in [2.75, 3.05) is 0 Å². The molecular weight excluding hydrogens is 368 g/mol. The van der Waals surface area contributed by atoms with Gasteiger partial charge in [0.15, 0.2) is 6.39 Å². The van der Waals surface area contributed by atoms with E-state index in [4.69, 9.17) is 21.1 Å². The van der Waals surface area contributed by atoms with Crippen molar-refractivity contribution in [2.45, 2.75) is 18.9 Å². The van der Waals surface area contributed by atoms with E-state index >= 15 is 0 Å². The zero-order chi connectivity index (χ0) is 19.2. The second kappa shape index (κ2) is 8.51. The number of nitrogens with zero attached hydrogens (tertiary/aromatic N) is 1. The molecule has 1 aromatic heterocycles. The first-order valence-corrected chi connectivity index (χ1v) is 8.65. The van der Waals surface area contributed by atoms with E-state index < -0.39 is 17.9 Å². The lowest BCUT2D eigenvalue weighted by Gasteiger charge is -2.16. The molecule has 0 aliphatic rings. The Balaban J connectivity index is 1.71. The van der Waals surface area contributed by atoms with Crippen molar-refractivity contribution in [3.63, 3.8) is 0 Å². The third-order valence-corrected chi connectivity index (χ3v) is 4.24. The lowest BCUT2D eigenvalue weighted by molar-refractivity contribution is -0.137. The van der Waals surface area contributed by atoms with Gasteiger partial charge in [-0.15, -0.1) is 0 Å². The van der Waals surface area contributed by atoms with Crippen LogP contribution in [0.5, 0.6) is 0 Å². The highest BCUT2D eigenvalue weighted by atomic mass is 35.5. The molecule has 3 rings (SSSR count). The zero-order valence-electron chi connectivity index (χ0n) is 14.3. The van der Waals surface area contributed by atoms with E-state index in [1.165, 1.54) is 6.20 Å². The molecule has 1 heterocycles. The Morgan fingerprint density at radius 2 is 1.93 bits per heavy atom. The van der Waals surface area contributed by atoms with Crippen LogP contribution in [0.1, 0.15) is 22.5 Å². The number of aromatic nitrogens is 1. The van der Waals surface area contributed by atoms with Gasteiger partial charge in [0.25, 0.3) is 5.91 Å². The SMILES string of the molecule is O=C(O)C[C@@H](Cc1ccc(-c2cccc(Cl)c2)cc1)NC(=O)c1cnco1. The van der Waals surface area contributed by atoms with Crippen molar-refractivity contribution in [2.24, 2.45) is 0 Å². The van der Waals surface area contributed by atoms with E-state index in [-0.39, 0.29) is 12.2 Å². The second-order valence-electron chi connectivity index (χ2n) is 6.05. The van der Waals surface area contributed by atoms with Crippen molar-refractivity contribution < 1.29 is 19.1 Å². The summed E-state index contributed by atoms with van der Waals surface area (Å²) < 4.78 is 4.94. The van der Waals surface area contributed by atoms with E-state index in [9.17, 15) is 9.59 Å². The molecule has 7 heteroatoms. The number of nitrogens with one attached hydrogen (secondary N) is 1. The summed E-state index contributed by atoms with van der Waals surface area (Å²) in [7, 11) is 0. The predicted molar refractivity (Wildman–Crippen MR) is 101 cm³/mol. The molecule has 6 nitrogen and oxygen atoms in total. The number of aliphatic carboxylic acids is 1. The van der Waals surface area contributed by atoms with E-state index in [0.29, 0.717) is 11.4 Å². The molecule has 2 aromatic carbocycles. The minimum absolute atomic E-state index is 0.0432. The van der Waals surface area contributed by atoms with Gasteiger partial charge in [0.05, 0.1) is 12.6 Å². The van der Waals surface area contributed by atoms with Crippen LogP contribution in [0.25, 0.3) is 11.1 Å². The zero-order valence-corrected chi connectivity index (χ0v) is 15.0. The number of oxazole rings is 1. The summed E-state index contributed by atoms with van der Waals surface area (Å²) in [5.74, 6) is -1.44. The fraction of sp³-hybridized carbons (Fsp3) is 0.150. The van der Waals surface area contributed by atoms with Crippen LogP contribution >= 0.6 is 11.6 Å². The van der Waals surface area contributed by atoms with Crippen LogP contribution in [0, 0.1) is 0 Å². The number of hydrogen-bond acceptors (Lipinski definition) is 4. The van der Waals surface area contributed by atoms with E-state index in [0.717, 1.165) is 23.1 Å². The topological polar surface area (TPSA) is 92.4 Å². The molecule has 0 aliphatic heterocycles. The van der Waals surface area contributed by atoms with Gasteiger partial charge >= 0.3 is 5.97 Å². The van der Waals surface area contributed by atoms with Crippen LogP contribution in [0.2, 0.25) is 5.02 Å². The molecule has 2 N–H and O–H groups in total. The van der Waals surface area contributed by atoms with E-state index in [2.05, 4.69) is 10.3 Å². The highest BCUT2D eigenvalue weighted by Crippen LogP contribution is 2.23. The quantitative estimate of drug-likeness (QED) is 0.646. The fourth-order valence-electron chi connectivity index (χ4n) is 2.76. The van der Waals surface area contributed by atoms with Crippen molar-refractivity contribution in [3.8, 4) is 11.1 Å². The highest BCUT2D eigenvalue weighted by molar-refractivity contribution is 6.30. The predicted octanol–water partition coefficient (Wildman–Crippen LogP) is 3.81. The van der Waals surface area contributed by atoms with Gasteiger partial charge in [0, 0.05) is 11.1 Å². The summed E-state index contributed by atoms with van der Waals surface area (Å²) in [6, 6.07) is 14.7. The second-order valence-corrected chi connectivity index (χ2v) is 6.48. The Hall–Kier alpha value is -3.12. The number of hydrogen-bond donors (Lipinski definition) is 2. The minimum atomic E-state index is -0.992. The number of amides is 1. The first-order chi connectivity index (χ1) is 13.0. The molecule has 138 valence electrons. The van der Waals surface area contributed by atoms with Gasteiger partial charge in [-0.2, -0.15) is 0 Å². The molecule has 0 bridgehead atoms. The van der Waals surface area contributed by atoms with E-state index in [1.807, 2.05) is 48.5 Å². The molecule has 3 aromatic rings. The average Bonchev–Trinajstić information content (AvgIpc) is 3.16. The monoisotopic (exact) mass is 384 g/mol. The van der Waals surface area contributed by atoms with Crippen molar-refractivity contribution in [1.82, 2.24) is 10.3 Å². The largest absolute Gasteiger partial charge is 0.481 e. The molecule has 0 spiro atoms. The number of carbonyl (C=O) groups is 2. The number of benzene rings is 2. The van der Waals surface area contributed by atoms with Gasteiger partial charge in [0.2, 0.25) is 5.76 Å². The van der Waals surface area contributed by atoms with E-state index in [1.54, 1.807) is 0 Å². The Morgan fingerprint density at radius 1 is 1.15 bits per heavy atom. The Labute approximate surface area is 160 Å². The lowest BCUT2D eigenvalue weighted by Crippen LogP contribution is -2.38. The number of halogens is 1. The van der Waals surface area contributed by atoms with Gasteiger partial charge in [-0.25, -0.2) is 4.98 Å². The fourth-order valence-corrected chi connectivity index (χ4v) is 2.95. The summed E-state index contributed by atoms with van der Waals surface area (Å²) >= 11 is 6.03. The Kier molecular flexibility index (Phi) is 5.88. The minimum Gasteiger partial charge on any atom is -0.481 e. The maximum Gasteiger partial charge on any atom is 0.305 e. The molecule has 0 aliphatic carbocycles. The van der Waals surface area contributed by atoms with Gasteiger partial charge in [-0.3, -0.25) is 9.59 Å². The van der Waals surface area contributed by atoms with Gasteiger partial charge < -0.3 is 14.8 Å². The van der Waals surface area contributed by atoms with Crippen LogP contribution in [-0.2, 0) is 11.2 Å². The number of rotatable bonds is 7. The summed E-state index contributed by atoms with van der Waals surface area (Å²) in [5, 5.41) is 12.5. The van der Waals surface area contributed by atoms with Gasteiger partial charge in [0.1, 0.15) is 0 Å². The van der Waals surface area contributed by atoms with Crippen LogP contribution in [0.15, 0.2) is 65.5 Å². The van der Waals surface area contributed by atoms with Crippen LogP contribution in [0.3, 0.4) is 0 Å². The van der Waals surface area contributed by atoms with Crippen molar-refractivity contribution in [3.05, 3.63) is 77.5 Å². The average molecular weight is 385 g/mol. The number of carboxylic acids is 1. The third-order valence-electron chi connectivity index (χ3n) is 4.01. The third kappa shape index (κ3) is 5.18. The van der Waals surface area contributed by atoms with Crippen LogP contribution in [0.4, 0.5) is 0 Å². The summed E-state index contributed by atoms with van der Waals surface area (Å²) in [6.45, 7) is 0. The van der Waals surface area contributed by atoms with Gasteiger partial charge in [-0.05, 0) is 35.2 Å². The summed E-state index contributed by atoms with van der Waals surface area (Å²) in [5.41, 5.74) is 2.90. The molecule has 0 saturated carbocycles. The smallest absolute Gasteiger partial charge is 0.305 e. The highest BCUT2D eigenvalue weighted by Gasteiger charge is 2.19. The summed E-state index contributed by atoms with van der Waals surface area (Å²) in [4.78, 5) is 26.9. The Morgan fingerprint density at radius 3 is 2.56 bits per heavy atom. The molecule has 1 atom stereocenters. The van der Waals surface area contributed by atoms with Crippen LogP contribution < -0.4 is 5.32 Å². The molecule has 1 amide bonds. The Bertz CT molecular complexity index is 923. The first-order valence-electron chi connectivity index (χ1n) is 8.27. The number of carbonyl (C=O) groups excluding carboxylic acids is 1. The standard InChI is InChI=1S/C20H17ClN2O4/c21-16-3-1-2-15(9-16)14-6-4-13(5-7-14)8-17(10-19(24)25)23-20(26)18-11-22-12-27-18/h1-7,9,11-12,17H,8,10H2,(H,23,26)(H,24,25)/t17-/m1/s1. The number of carboxylic acid groups (broad SMARTS) is 1. The normalized spacial score (nSPS) is 11.7. The van der Waals surface area contributed by atoms with Gasteiger partial charge in [-0.1, -0.05) is 48.0 Å². The maximum atomic E-state index is 12.1. The summed E-state index contributed by atoms with van der Waals surface area (Å²) in [6.07, 6.45) is 2.61. The molecule has 0 fully saturated rings. The van der Waals surface area contributed by atoms with Crippen LogP contribution in [-0.4, -0.2) is 28.0 Å². The molecule has 0 saturated heterocycles. The van der Waals surface area contributed by atoms with Crippen molar-refractivity contribution >= 4 is 23.5 Å².